The van der Waals surface area contributed by atoms with Gasteiger partial charge in [-0.25, -0.2) is 13.4 Å². The molecule has 0 amide bonds. The first-order valence-electron chi connectivity index (χ1n) is 6.18. The number of sulfonamides is 1. The van der Waals surface area contributed by atoms with Crippen LogP contribution in [0, 0.1) is 0 Å². The Morgan fingerprint density at radius 1 is 1.15 bits per heavy atom. The number of pyridine rings is 1. The van der Waals surface area contributed by atoms with E-state index in [4.69, 9.17) is 0 Å². The molecule has 106 valence electrons. The van der Waals surface area contributed by atoms with Crippen LogP contribution in [0.4, 0.5) is 5.69 Å². The SMILES string of the molecule is CNc1cccnc1S(=O)(=O)N(C)Cc1ccccc1. The van der Waals surface area contributed by atoms with E-state index in [2.05, 4.69) is 10.3 Å². The van der Waals surface area contributed by atoms with Crippen molar-refractivity contribution in [1.29, 1.82) is 0 Å². The van der Waals surface area contributed by atoms with Crippen LogP contribution >= 0.6 is 0 Å². The fourth-order valence-electron chi connectivity index (χ4n) is 1.86. The fourth-order valence-corrected chi connectivity index (χ4v) is 3.12. The zero-order valence-electron chi connectivity index (χ0n) is 11.4. The Morgan fingerprint density at radius 2 is 1.85 bits per heavy atom. The molecular formula is C14H17N3O2S. The minimum absolute atomic E-state index is 0.0425. The molecule has 0 aliphatic rings. The van der Waals surface area contributed by atoms with Crippen LogP contribution in [0.2, 0.25) is 0 Å². The van der Waals surface area contributed by atoms with Gasteiger partial charge in [0.25, 0.3) is 10.0 Å². The lowest BCUT2D eigenvalue weighted by Gasteiger charge is -2.18. The topological polar surface area (TPSA) is 62.3 Å². The first-order chi connectivity index (χ1) is 9.55. The zero-order valence-corrected chi connectivity index (χ0v) is 12.3. The number of rotatable bonds is 5. The van der Waals surface area contributed by atoms with Crippen LogP contribution < -0.4 is 5.32 Å². The smallest absolute Gasteiger partial charge is 0.262 e. The monoisotopic (exact) mass is 291 g/mol. The number of nitrogens with zero attached hydrogens (tertiary/aromatic N) is 2. The van der Waals surface area contributed by atoms with Crippen LogP contribution in [0.3, 0.4) is 0 Å². The van der Waals surface area contributed by atoms with Crippen molar-refractivity contribution in [1.82, 2.24) is 9.29 Å². The highest BCUT2D eigenvalue weighted by Crippen LogP contribution is 2.21. The molecule has 20 heavy (non-hydrogen) atoms. The van der Waals surface area contributed by atoms with Gasteiger partial charge in [-0.15, -0.1) is 0 Å². The molecular weight excluding hydrogens is 274 g/mol. The van der Waals surface area contributed by atoms with Gasteiger partial charge in [-0.1, -0.05) is 30.3 Å². The fraction of sp³-hybridized carbons (Fsp3) is 0.214. The molecule has 0 fully saturated rings. The average Bonchev–Trinajstić information content (AvgIpc) is 2.48. The van der Waals surface area contributed by atoms with Gasteiger partial charge >= 0.3 is 0 Å². The van der Waals surface area contributed by atoms with Crippen molar-refractivity contribution in [3.63, 3.8) is 0 Å². The highest BCUT2D eigenvalue weighted by Gasteiger charge is 2.25. The standard InChI is InChI=1S/C14H17N3O2S/c1-15-13-9-6-10-16-14(13)20(18,19)17(2)11-12-7-4-3-5-8-12/h3-10,15H,11H2,1-2H3. The lowest BCUT2D eigenvalue weighted by atomic mass is 10.2. The molecule has 1 N–H and O–H groups in total. The van der Waals surface area contributed by atoms with E-state index >= 15 is 0 Å². The lowest BCUT2D eigenvalue weighted by Crippen LogP contribution is -2.27. The van der Waals surface area contributed by atoms with E-state index in [1.54, 1.807) is 26.2 Å². The highest BCUT2D eigenvalue weighted by atomic mass is 32.2. The Hall–Kier alpha value is -1.92. The molecule has 2 aromatic rings. The third kappa shape index (κ3) is 2.97. The third-order valence-corrected chi connectivity index (χ3v) is 4.71. The summed E-state index contributed by atoms with van der Waals surface area (Å²) in [6, 6.07) is 12.8. The Labute approximate surface area is 119 Å². The molecule has 1 aromatic carbocycles. The number of nitrogens with one attached hydrogen (secondary N) is 1. The van der Waals surface area contributed by atoms with Crippen LogP contribution in [0.15, 0.2) is 53.7 Å². The number of aromatic nitrogens is 1. The molecule has 0 aliphatic carbocycles. The van der Waals surface area contributed by atoms with Gasteiger partial charge in [0.15, 0.2) is 5.03 Å². The molecule has 0 saturated heterocycles. The summed E-state index contributed by atoms with van der Waals surface area (Å²) in [5.74, 6) is 0. The third-order valence-electron chi connectivity index (χ3n) is 2.94. The summed E-state index contributed by atoms with van der Waals surface area (Å²) in [5, 5.41) is 2.89. The van der Waals surface area contributed by atoms with Crippen LogP contribution in [-0.2, 0) is 16.6 Å². The second-order valence-corrected chi connectivity index (χ2v) is 6.31. The molecule has 0 radical (unpaired) electrons. The lowest BCUT2D eigenvalue weighted by molar-refractivity contribution is 0.464. The quantitative estimate of drug-likeness (QED) is 0.914. The molecule has 0 bridgehead atoms. The predicted molar refractivity (Wildman–Crippen MR) is 78.9 cm³/mol. The number of hydrogen-bond donors (Lipinski definition) is 1. The first-order valence-corrected chi connectivity index (χ1v) is 7.62. The summed E-state index contributed by atoms with van der Waals surface area (Å²) in [6.45, 7) is 0.308. The minimum atomic E-state index is -3.62. The van der Waals surface area contributed by atoms with Crippen LogP contribution in [0.25, 0.3) is 0 Å². The van der Waals surface area contributed by atoms with Gasteiger partial charge in [0, 0.05) is 26.8 Å². The van der Waals surface area contributed by atoms with Crippen molar-refractivity contribution >= 4 is 15.7 Å². The molecule has 2 rings (SSSR count). The van der Waals surface area contributed by atoms with E-state index in [0.717, 1.165) is 5.56 Å². The summed E-state index contributed by atoms with van der Waals surface area (Å²) in [5.41, 5.74) is 1.42. The Bertz CT molecular complexity index is 672. The number of anilines is 1. The summed E-state index contributed by atoms with van der Waals surface area (Å²) >= 11 is 0. The molecule has 6 heteroatoms. The van der Waals surface area contributed by atoms with Crippen LogP contribution in [-0.4, -0.2) is 31.8 Å². The maximum absolute atomic E-state index is 12.5. The number of benzene rings is 1. The second-order valence-electron chi connectivity index (χ2n) is 4.35. The van der Waals surface area contributed by atoms with Gasteiger partial charge in [0.05, 0.1) is 5.69 Å². The Balaban J connectivity index is 2.30. The first kappa shape index (κ1) is 14.5. The van der Waals surface area contributed by atoms with Crippen molar-refractivity contribution in [2.45, 2.75) is 11.6 Å². The molecule has 0 aliphatic heterocycles. The zero-order chi connectivity index (χ0) is 14.6. The van der Waals surface area contributed by atoms with Gasteiger partial charge < -0.3 is 5.32 Å². The highest BCUT2D eigenvalue weighted by molar-refractivity contribution is 7.89. The normalized spacial score (nSPS) is 11.6. The average molecular weight is 291 g/mol. The molecule has 0 spiro atoms. The summed E-state index contributed by atoms with van der Waals surface area (Å²) in [4.78, 5) is 3.99. The van der Waals surface area contributed by atoms with Crippen molar-refractivity contribution in [2.24, 2.45) is 0 Å². The largest absolute Gasteiger partial charge is 0.386 e. The van der Waals surface area contributed by atoms with Crippen molar-refractivity contribution < 1.29 is 8.42 Å². The van der Waals surface area contributed by atoms with Crippen molar-refractivity contribution in [3.8, 4) is 0 Å². The van der Waals surface area contributed by atoms with E-state index in [9.17, 15) is 8.42 Å². The minimum Gasteiger partial charge on any atom is -0.386 e. The van der Waals surface area contributed by atoms with Gasteiger partial charge in [0.2, 0.25) is 0 Å². The van der Waals surface area contributed by atoms with E-state index in [1.807, 2.05) is 30.3 Å². The maximum Gasteiger partial charge on any atom is 0.262 e. The number of hydrogen-bond acceptors (Lipinski definition) is 4. The molecule has 1 heterocycles. The van der Waals surface area contributed by atoms with Gasteiger partial charge in [-0.2, -0.15) is 4.31 Å². The second kappa shape index (κ2) is 6.02. The Kier molecular flexibility index (Phi) is 4.36. The predicted octanol–water partition coefficient (Wildman–Crippen LogP) is 1.94. The van der Waals surface area contributed by atoms with E-state index < -0.39 is 10.0 Å². The van der Waals surface area contributed by atoms with Crippen LogP contribution in [0.5, 0.6) is 0 Å². The van der Waals surface area contributed by atoms with E-state index in [0.29, 0.717) is 12.2 Å². The van der Waals surface area contributed by atoms with Gasteiger partial charge in [-0.05, 0) is 17.7 Å². The Morgan fingerprint density at radius 3 is 2.50 bits per heavy atom. The van der Waals surface area contributed by atoms with Crippen molar-refractivity contribution in [3.05, 3.63) is 54.2 Å². The van der Waals surface area contributed by atoms with Gasteiger partial charge in [-0.3, -0.25) is 0 Å². The molecule has 0 saturated carbocycles. The molecule has 1 aromatic heterocycles. The van der Waals surface area contributed by atoms with E-state index in [-0.39, 0.29) is 5.03 Å². The maximum atomic E-state index is 12.5. The van der Waals surface area contributed by atoms with Gasteiger partial charge in [0.1, 0.15) is 0 Å². The summed E-state index contributed by atoms with van der Waals surface area (Å²) in [7, 11) is -0.394. The summed E-state index contributed by atoms with van der Waals surface area (Å²) < 4.78 is 26.4. The van der Waals surface area contributed by atoms with Crippen LogP contribution in [0.1, 0.15) is 5.56 Å². The summed E-state index contributed by atoms with van der Waals surface area (Å²) in [6.07, 6.45) is 1.48. The molecule has 5 nitrogen and oxygen atoms in total. The molecule has 0 atom stereocenters. The van der Waals surface area contributed by atoms with Crippen molar-refractivity contribution in [2.75, 3.05) is 19.4 Å². The van der Waals surface area contributed by atoms with E-state index in [1.165, 1.54) is 10.5 Å². The molecule has 0 unspecified atom stereocenters.